The minimum atomic E-state index is -0.723. The molecule has 1 N–H and O–H groups in total. The van der Waals surface area contributed by atoms with Gasteiger partial charge in [0.1, 0.15) is 11.8 Å². The van der Waals surface area contributed by atoms with Crippen LogP contribution in [0.15, 0.2) is 93.2 Å². The zero-order valence-corrected chi connectivity index (χ0v) is 23.9. The van der Waals surface area contributed by atoms with Crippen LogP contribution in [-0.4, -0.2) is 27.5 Å². The molecule has 7 nitrogen and oxygen atoms in total. The van der Waals surface area contributed by atoms with E-state index in [9.17, 15) is 19.2 Å². The smallest absolute Gasteiger partial charge is 0.308 e. The molecule has 3 heterocycles. The predicted molar refractivity (Wildman–Crippen MR) is 156 cm³/mol. The second-order valence-corrected chi connectivity index (χ2v) is 12.5. The molecule has 3 amide bonds. The Labute approximate surface area is 241 Å². The third-order valence-electron chi connectivity index (χ3n) is 6.93. The van der Waals surface area contributed by atoms with Crippen molar-refractivity contribution in [2.75, 3.05) is 10.2 Å². The average Bonchev–Trinajstić information content (AvgIpc) is 3.37. The van der Waals surface area contributed by atoms with E-state index in [-0.39, 0.29) is 29.1 Å². The number of hydrogen-bond acceptors (Lipinski definition) is 6. The first-order chi connectivity index (χ1) is 18.8. The first-order valence-electron chi connectivity index (χ1n) is 12.3. The molecule has 1 aromatic heterocycles. The molecule has 3 aromatic carbocycles. The second kappa shape index (κ2) is 10.3. The van der Waals surface area contributed by atoms with Crippen molar-refractivity contribution in [3.8, 4) is 0 Å². The molecule has 0 aliphatic carbocycles. The number of para-hydroxylation sites is 1. The number of carbonyl (C=O) groups is 3. The minimum absolute atomic E-state index is 0.194. The molecule has 10 heteroatoms. The number of hydrogen-bond donors (Lipinski definition) is 1. The number of thiazole rings is 1. The monoisotopic (exact) mass is 619 g/mol. The van der Waals surface area contributed by atoms with Crippen molar-refractivity contribution in [3.63, 3.8) is 0 Å². The fourth-order valence-electron chi connectivity index (χ4n) is 5.10. The fourth-order valence-corrected chi connectivity index (χ4v) is 8.13. The number of thioether (sulfide) groups is 1. The van der Waals surface area contributed by atoms with Crippen LogP contribution in [0.4, 0.5) is 11.4 Å². The van der Waals surface area contributed by atoms with Crippen LogP contribution in [-0.2, 0) is 20.9 Å². The molecule has 196 valence electrons. The Balaban J connectivity index is 1.40. The van der Waals surface area contributed by atoms with Crippen molar-refractivity contribution in [2.45, 2.75) is 29.7 Å². The minimum Gasteiger partial charge on any atom is -0.325 e. The molecule has 4 aromatic rings. The van der Waals surface area contributed by atoms with Crippen molar-refractivity contribution in [2.24, 2.45) is 5.92 Å². The largest absolute Gasteiger partial charge is 0.325 e. The van der Waals surface area contributed by atoms with E-state index in [1.807, 2.05) is 61.5 Å². The SMILES string of the molecule is Cc1ccc(NC(=O)Cn2c3c(sc2=O)C(c2ccc(Br)cc2)C2C(=O)N(c4ccccc4)C(=O)C2S3)cc1. The summed E-state index contributed by atoms with van der Waals surface area (Å²) in [6.45, 7) is 1.77. The molecule has 0 saturated carbocycles. The van der Waals surface area contributed by atoms with E-state index < -0.39 is 17.1 Å². The second-order valence-electron chi connectivity index (χ2n) is 9.48. The van der Waals surface area contributed by atoms with Crippen LogP contribution < -0.4 is 15.1 Å². The van der Waals surface area contributed by atoms with Crippen LogP contribution in [0.3, 0.4) is 0 Å². The third-order valence-corrected chi connectivity index (χ3v) is 10.1. The van der Waals surface area contributed by atoms with Crippen molar-refractivity contribution < 1.29 is 14.4 Å². The number of fused-ring (bicyclic) bond motifs is 2. The Kier molecular flexibility index (Phi) is 6.78. The van der Waals surface area contributed by atoms with Gasteiger partial charge in [0.25, 0.3) is 0 Å². The lowest BCUT2D eigenvalue weighted by Crippen LogP contribution is -2.33. The number of anilines is 2. The Bertz CT molecular complexity index is 1650. The molecule has 1 saturated heterocycles. The van der Waals surface area contributed by atoms with Crippen molar-refractivity contribution >= 4 is 68.1 Å². The zero-order chi connectivity index (χ0) is 27.3. The molecular formula is C29H22BrN3O4S2. The fraction of sp³-hybridized carbons (Fsp3) is 0.172. The number of aromatic nitrogens is 1. The summed E-state index contributed by atoms with van der Waals surface area (Å²) in [7, 11) is 0. The number of nitrogens with one attached hydrogen (secondary N) is 1. The lowest BCUT2D eigenvalue weighted by Gasteiger charge is -2.30. The number of nitrogens with zero attached hydrogens (tertiary/aromatic N) is 2. The molecule has 0 bridgehead atoms. The van der Waals surface area contributed by atoms with Gasteiger partial charge in [-0.3, -0.25) is 23.7 Å². The number of amides is 3. The summed E-state index contributed by atoms with van der Waals surface area (Å²) in [5.74, 6) is -2.12. The standard InChI is InChI=1S/C29H22BrN3O4S2/c1-16-7-13-19(14-8-16)31-21(34)15-32-28-25(39-29(32)37)22(17-9-11-18(30)12-10-17)23-24(38-28)27(36)33(26(23)35)20-5-3-2-4-6-20/h2-14,22-24H,15H2,1H3,(H,31,34). The van der Waals surface area contributed by atoms with Gasteiger partial charge in [-0.15, -0.1) is 0 Å². The zero-order valence-electron chi connectivity index (χ0n) is 20.7. The molecule has 2 aliphatic heterocycles. The summed E-state index contributed by atoms with van der Waals surface area (Å²) in [6, 6.07) is 23.9. The summed E-state index contributed by atoms with van der Waals surface area (Å²) in [6.07, 6.45) is 0. The number of imide groups is 1. The number of benzene rings is 3. The summed E-state index contributed by atoms with van der Waals surface area (Å²) in [4.78, 5) is 55.4. The quantitative estimate of drug-likeness (QED) is 0.302. The Morgan fingerprint density at radius 1 is 0.923 bits per heavy atom. The van der Waals surface area contributed by atoms with Gasteiger partial charge in [0.2, 0.25) is 17.7 Å². The number of halogens is 1. The molecule has 6 rings (SSSR count). The van der Waals surface area contributed by atoms with Crippen LogP contribution in [0.1, 0.15) is 21.9 Å². The van der Waals surface area contributed by atoms with Crippen molar-refractivity contribution in [1.29, 1.82) is 0 Å². The first-order valence-corrected chi connectivity index (χ1v) is 14.8. The van der Waals surface area contributed by atoms with Gasteiger partial charge in [-0.25, -0.2) is 4.90 Å². The molecular weight excluding hydrogens is 598 g/mol. The van der Waals surface area contributed by atoms with E-state index in [2.05, 4.69) is 21.2 Å². The van der Waals surface area contributed by atoms with E-state index in [0.717, 1.165) is 26.9 Å². The number of rotatable bonds is 5. The van der Waals surface area contributed by atoms with Gasteiger partial charge in [0.05, 0.1) is 16.6 Å². The number of aryl methyl sites for hydroxylation is 1. The molecule has 1 fully saturated rings. The summed E-state index contributed by atoms with van der Waals surface area (Å²) in [5, 5.41) is 2.68. The normalized spacial score (nSPS) is 20.1. The maximum atomic E-state index is 13.8. The lowest BCUT2D eigenvalue weighted by molar-refractivity contribution is -0.122. The van der Waals surface area contributed by atoms with Gasteiger partial charge < -0.3 is 5.32 Å². The van der Waals surface area contributed by atoms with Crippen LogP contribution in [0.2, 0.25) is 0 Å². The maximum absolute atomic E-state index is 13.8. The Hall–Kier alpha value is -3.47. The highest BCUT2D eigenvalue weighted by molar-refractivity contribution is 9.10. The highest BCUT2D eigenvalue weighted by Gasteiger charge is 2.56. The lowest BCUT2D eigenvalue weighted by atomic mass is 9.83. The average molecular weight is 621 g/mol. The summed E-state index contributed by atoms with van der Waals surface area (Å²) in [5.41, 5.74) is 3.07. The van der Waals surface area contributed by atoms with Gasteiger partial charge in [0.15, 0.2) is 0 Å². The number of carbonyl (C=O) groups excluding carboxylic acids is 3. The van der Waals surface area contributed by atoms with Gasteiger partial charge in [-0.05, 0) is 48.9 Å². The van der Waals surface area contributed by atoms with Crippen LogP contribution in [0.25, 0.3) is 0 Å². The van der Waals surface area contributed by atoms with E-state index >= 15 is 0 Å². The molecule has 39 heavy (non-hydrogen) atoms. The predicted octanol–water partition coefficient (Wildman–Crippen LogP) is 5.42. The highest BCUT2D eigenvalue weighted by atomic mass is 79.9. The van der Waals surface area contributed by atoms with Gasteiger partial charge in [-0.1, -0.05) is 87.1 Å². The molecule has 3 unspecified atom stereocenters. The van der Waals surface area contributed by atoms with Crippen LogP contribution in [0.5, 0.6) is 0 Å². The van der Waals surface area contributed by atoms with Gasteiger partial charge >= 0.3 is 4.87 Å². The van der Waals surface area contributed by atoms with Crippen molar-refractivity contribution in [1.82, 2.24) is 4.57 Å². The van der Waals surface area contributed by atoms with Crippen molar-refractivity contribution in [3.05, 3.63) is 109 Å². The third kappa shape index (κ3) is 4.66. The Morgan fingerprint density at radius 2 is 1.62 bits per heavy atom. The van der Waals surface area contributed by atoms with E-state index in [1.54, 1.807) is 24.3 Å². The first kappa shape index (κ1) is 25.8. The topological polar surface area (TPSA) is 88.5 Å². The Morgan fingerprint density at radius 3 is 2.31 bits per heavy atom. The molecule has 0 radical (unpaired) electrons. The van der Waals surface area contributed by atoms with Crippen LogP contribution >= 0.6 is 39.0 Å². The molecule has 3 atom stereocenters. The molecule has 0 spiro atoms. The summed E-state index contributed by atoms with van der Waals surface area (Å²) >= 11 is 5.71. The van der Waals surface area contributed by atoms with E-state index in [4.69, 9.17) is 0 Å². The summed E-state index contributed by atoms with van der Waals surface area (Å²) < 4.78 is 2.31. The van der Waals surface area contributed by atoms with Gasteiger partial charge in [-0.2, -0.15) is 0 Å². The van der Waals surface area contributed by atoms with Gasteiger partial charge in [0, 0.05) is 21.0 Å². The van der Waals surface area contributed by atoms with Crippen LogP contribution in [0, 0.1) is 12.8 Å². The highest BCUT2D eigenvalue weighted by Crippen LogP contribution is 2.53. The molecule has 2 aliphatic rings. The maximum Gasteiger partial charge on any atom is 0.308 e. The van der Waals surface area contributed by atoms with E-state index in [0.29, 0.717) is 21.3 Å². The van der Waals surface area contributed by atoms with E-state index in [1.165, 1.54) is 21.2 Å².